The number of benzene rings is 3. The van der Waals surface area contributed by atoms with Crippen molar-refractivity contribution in [1.29, 1.82) is 0 Å². The van der Waals surface area contributed by atoms with Gasteiger partial charge in [-0.1, -0.05) is 54.6 Å². The molecular weight excluding hydrogens is 600 g/mol. The third-order valence-corrected chi connectivity index (χ3v) is 8.49. The molecule has 244 valence electrons. The Bertz CT molecular complexity index is 1860. The maximum atomic E-state index is 12.8. The second kappa shape index (κ2) is 13.4. The summed E-state index contributed by atoms with van der Waals surface area (Å²) < 4.78 is 25.9. The Hall–Kier alpha value is -5.04. The SMILES string of the molecule is COc1ccc(C(OC[C@H]2O[C@@H](n3cnc4c(=O)[nH]c(/N=C(\C)N(C)C)nc43)C[C@H]2O)(c2ccccc2)c2ccc(OC)cc2)cc1. The van der Waals surface area contributed by atoms with Gasteiger partial charge in [0.25, 0.3) is 5.56 Å². The Balaban J connectivity index is 1.35. The molecule has 2 aromatic heterocycles. The van der Waals surface area contributed by atoms with Crippen LogP contribution in [0.1, 0.15) is 36.3 Å². The van der Waals surface area contributed by atoms with Gasteiger partial charge in [-0.05, 0) is 47.9 Å². The van der Waals surface area contributed by atoms with Crippen molar-refractivity contribution < 1.29 is 24.1 Å². The monoisotopic (exact) mass is 638 g/mol. The molecule has 5 aromatic rings. The van der Waals surface area contributed by atoms with Crippen molar-refractivity contribution in [2.45, 2.75) is 37.4 Å². The first kappa shape index (κ1) is 31.9. The molecule has 0 spiro atoms. The van der Waals surface area contributed by atoms with Crippen LogP contribution in [0.5, 0.6) is 11.5 Å². The van der Waals surface area contributed by atoms with Crippen LogP contribution in [0.2, 0.25) is 0 Å². The van der Waals surface area contributed by atoms with Gasteiger partial charge in [0.15, 0.2) is 11.2 Å². The van der Waals surface area contributed by atoms with Crippen LogP contribution in [0.15, 0.2) is 95.0 Å². The van der Waals surface area contributed by atoms with Crippen LogP contribution in [-0.4, -0.2) is 82.5 Å². The number of methoxy groups -OCH3 is 2. The molecule has 1 fully saturated rings. The van der Waals surface area contributed by atoms with Crippen LogP contribution in [0.25, 0.3) is 11.2 Å². The number of aromatic nitrogens is 4. The number of imidazole rings is 1. The maximum absolute atomic E-state index is 12.8. The molecule has 0 aliphatic carbocycles. The number of ether oxygens (including phenoxy) is 4. The van der Waals surface area contributed by atoms with Gasteiger partial charge < -0.3 is 29.0 Å². The fourth-order valence-electron chi connectivity index (χ4n) is 5.75. The van der Waals surface area contributed by atoms with E-state index in [2.05, 4.69) is 19.9 Å². The molecule has 0 bridgehead atoms. The summed E-state index contributed by atoms with van der Waals surface area (Å²) in [5, 5.41) is 11.3. The van der Waals surface area contributed by atoms with Gasteiger partial charge in [-0.2, -0.15) is 4.98 Å². The largest absolute Gasteiger partial charge is 0.497 e. The van der Waals surface area contributed by atoms with Crippen molar-refractivity contribution in [2.75, 3.05) is 34.9 Å². The molecule has 0 saturated carbocycles. The lowest BCUT2D eigenvalue weighted by molar-refractivity contribution is -0.0931. The van der Waals surface area contributed by atoms with Crippen molar-refractivity contribution in [3.05, 3.63) is 112 Å². The van der Waals surface area contributed by atoms with E-state index in [0.717, 1.165) is 16.7 Å². The lowest BCUT2D eigenvalue weighted by Gasteiger charge is -2.37. The van der Waals surface area contributed by atoms with Crippen LogP contribution in [-0.2, 0) is 15.1 Å². The number of aliphatic imine (C=N–C) groups is 1. The number of aliphatic hydroxyl groups is 1. The lowest BCUT2D eigenvalue weighted by atomic mass is 9.80. The van der Waals surface area contributed by atoms with Gasteiger partial charge in [0, 0.05) is 20.5 Å². The third-order valence-electron chi connectivity index (χ3n) is 8.49. The zero-order valence-electron chi connectivity index (χ0n) is 27.0. The Kier molecular flexibility index (Phi) is 9.08. The Morgan fingerprint density at radius 1 is 1.00 bits per heavy atom. The van der Waals surface area contributed by atoms with E-state index in [9.17, 15) is 9.90 Å². The van der Waals surface area contributed by atoms with Crippen molar-refractivity contribution in [3.8, 4) is 11.5 Å². The normalized spacial score (nSPS) is 18.4. The van der Waals surface area contributed by atoms with Crippen LogP contribution in [0.3, 0.4) is 0 Å². The molecule has 0 amide bonds. The van der Waals surface area contributed by atoms with Gasteiger partial charge in [0.1, 0.15) is 35.3 Å². The Labute approximate surface area is 272 Å². The molecule has 2 N–H and O–H groups in total. The summed E-state index contributed by atoms with van der Waals surface area (Å²) in [7, 11) is 6.96. The standard InChI is InChI=1S/C35H38N6O6/c1-22(40(2)3)37-34-38-32-31(33(43)39-34)36-21-41(32)30-19-28(42)29(47-30)20-46-35(23-9-7-6-8-10-23,24-11-15-26(44-4)16-12-24)25-13-17-27(45-5)18-14-25/h6-18,21,28-30,42H,19-20H2,1-5H3,(H,38,39,43)/b37-22+/t28-,29-,30-/m1/s1. The van der Waals surface area contributed by atoms with Gasteiger partial charge in [-0.3, -0.25) is 14.3 Å². The molecule has 3 atom stereocenters. The zero-order chi connectivity index (χ0) is 33.1. The Morgan fingerprint density at radius 2 is 1.60 bits per heavy atom. The molecule has 3 aromatic carbocycles. The highest BCUT2D eigenvalue weighted by Gasteiger charge is 2.42. The highest BCUT2D eigenvalue weighted by Crippen LogP contribution is 2.43. The fourth-order valence-corrected chi connectivity index (χ4v) is 5.75. The average molecular weight is 639 g/mol. The van der Waals surface area contributed by atoms with Gasteiger partial charge in [-0.25, -0.2) is 9.98 Å². The minimum absolute atomic E-state index is 0.0445. The summed E-state index contributed by atoms with van der Waals surface area (Å²) >= 11 is 0. The number of H-pyrrole nitrogens is 1. The number of nitrogens with zero attached hydrogens (tertiary/aromatic N) is 5. The first-order valence-electron chi connectivity index (χ1n) is 15.2. The highest BCUT2D eigenvalue weighted by atomic mass is 16.6. The van der Waals surface area contributed by atoms with E-state index in [4.69, 9.17) is 18.9 Å². The first-order chi connectivity index (χ1) is 22.7. The molecule has 0 unspecified atom stereocenters. The van der Waals surface area contributed by atoms with Crippen molar-refractivity contribution in [1.82, 2.24) is 24.4 Å². The van der Waals surface area contributed by atoms with E-state index in [-0.39, 0.29) is 24.5 Å². The zero-order valence-corrected chi connectivity index (χ0v) is 27.0. The molecule has 6 rings (SSSR count). The summed E-state index contributed by atoms with van der Waals surface area (Å²) in [6, 6.07) is 25.4. The molecule has 1 saturated heterocycles. The first-order valence-corrected chi connectivity index (χ1v) is 15.2. The minimum atomic E-state index is -1.07. The van der Waals surface area contributed by atoms with Crippen molar-refractivity contribution >= 4 is 22.9 Å². The molecule has 1 aliphatic heterocycles. The highest BCUT2D eigenvalue weighted by molar-refractivity contribution is 5.81. The third kappa shape index (κ3) is 6.22. The molecule has 12 heteroatoms. The maximum Gasteiger partial charge on any atom is 0.280 e. The van der Waals surface area contributed by atoms with Gasteiger partial charge in [0.05, 0.1) is 33.3 Å². The number of hydrogen-bond acceptors (Lipinski definition) is 9. The van der Waals surface area contributed by atoms with E-state index >= 15 is 0 Å². The summed E-state index contributed by atoms with van der Waals surface area (Å²) in [5.74, 6) is 2.25. The van der Waals surface area contributed by atoms with Crippen molar-refractivity contribution in [3.63, 3.8) is 0 Å². The second-order valence-electron chi connectivity index (χ2n) is 11.5. The average Bonchev–Trinajstić information content (AvgIpc) is 3.69. The van der Waals surface area contributed by atoms with Gasteiger partial charge >= 0.3 is 0 Å². The predicted octanol–water partition coefficient (Wildman–Crippen LogP) is 4.41. The quantitative estimate of drug-likeness (QED) is 0.130. The summed E-state index contributed by atoms with van der Waals surface area (Å²) in [6.07, 6.45) is -0.464. The number of nitrogens with one attached hydrogen (secondary N) is 1. The summed E-state index contributed by atoms with van der Waals surface area (Å²) in [5.41, 5.74) is 1.61. The predicted molar refractivity (Wildman–Crippen MR) is 177 cm³/mol. The number of rotatable bonds is 10. The number of hydrogen-bond donors (Lipinski definition) is 2. The van der Waals surface area contributed by atoms with E-state index < -0.39 is 29.6 Å². The topological polar surface area (TPSA) is 136 Å². The number of aromatic amines is 1. The molecule has 0 radical (unpaired) electrons. The summed E-state index contributed by atoms with van der Waals surface area (Å²) in [6.45, 7) is 1.86. The van der Waals surface area contributed by atoms with E-state index in [0.29, 0.717) is 23.0 Å². The van der Waals surface area contributed by atoms with Crippen LogP contribution in [0, 0.1) is 0 Å². The second-order valence-corrected chi connectivity index (χ2v) is 11.5. The van der Waals surface area contributed by atoms with E-state index in [1.807, 2.05) is 105 Å². The number of fused-ring (bicyclic) bond motifs is 1. The number of amidine groups is 1. The fraction of sp³-hybridized carbons (Fsp3) is 0.314. The van der Waals surface area contributed by atoms with E-state index in [1.54, 1.807) is 18.8 Å². The van der Waals surface area contributed by atoms with Crippen LogP contribution >= 0.6 is 0 Å². The smallest absolute Gasteiger partial charge is 0.280 e. The molecule has 47 heavy (non-hydrogen) atoms. The Morgan fingerprint density at radius 3 is 2.17 bits per heavy atom. The van der Waals surface area contributed by atoms with Crippen LogP contribution in [0.4, 0.5) is 5.95 Å². The van der Waals surface area contributed by atoms with Crippen LogP contribution < -0.4 is 15.0 Å². The molecule has 1 aliphatic rings. The van der Waals surface area contributed by atoms with Gasteiger partial charge in [-0.15, -0.1) is 0 Å². The lowest BCUT2D eigenvalue weighted by Crippen LogP contribution is -2.38. The molecule has 3 heterocycles. The molecule has 12 nitrogen and oxygen atoms in total. The van der Waals surface area contributed by atoms with Gasteiger partial charge in [0.2, 0.25) is 5.95 Å². The number of aliphatic hydroxyl groups excluding tert-OH is 1. The minimum Gasteiger partial charge on any atom is -0.497 e. The molecular formula is C35H38N6O6. The van der Waals surface area contributed by atoms with E-state index in [1.165, 1.54) is 6.33 Å². The summed E-state index contributed by atoms with van der Waals surface area (Å²) in [4.78, 5) is 30.6. The van der Waals surface area contributed by atoms with Crippen molar-refractivity contribution in [2.24, 2.45) is 4.99 Å².